The van der Waals surface area contributed by atoms with Gasteiger partial charge < -0.3 is 15.0 Å². The lowest BCUT2D eigenvalue weighted by atomic mass is 10.0. The number of carbonyl (C=O) groups is 2. The van der Waals surface area contributed by atoms with Crippen LogP contribution in [0.2, 0.25) is 0 Å². The second kappa shape index (κ2) is 10.0. The average Bonchev–Trinajstić information content (AvgIpc) is 3.50. The zero-order valence-corrected chi connectivity index (χ0v) is 18.9. The van der Waals surface area contributed by atoms with E-state index < -0.39 is 6.04 Å². The van der Waals surface area contributed by atoms with Crippen molar-refractivity contribution in [1.82, 2.24) is 24.5 Å². The second-order valence-electron chi connectivity index (χ2n) is 8.18. The molecule has 1 unspecified atom stereocenters. The normalized spacial score (nSPS) is 11.8. The van der Waals surface area contributed by atoms with E-state index in [2.05, 4.69) is 20.7 Å². The predicted molar refractivity (Wildman–Crippen MR) is 133 cm³/mol. The lowest BCUT2D eigenvalue weighted by Gasteiger charge is -2.19. The van der Waals surface area contributed by atoms with Crippen LogP contribution >= 0.6 is 0 Å². The number of anilines is 1. The van der Waals surface area contributed by atoms with Crippen molar-refractivity contribution in [2.24, 2.45) is 0 Å². The summed E-state index contributed by atoms with van der Waals surface area (Å²) in [5.74, 6) is -0.452. The van der Waals surface area contributed by atoms with Crippen molar-refractivity contribution in [3.63, 3.8) is 0 Å². The number of aromatic nitrogens is 4. The van der Waals surface area contributed by atoms with Crippen molar-refractivity contribution in [3.8, 4) is 0 Å². The van der Waals surface area contributed by atoms with E-state index in [1.54, 1.807) is 29.2 Å². The van der Waals surface area contributed by atoms with Crippen LogP contribution in [0.4, 0.5) is 5.69 Å². The minimum Gasteiger partial charge on any atom is -0.345 e. The first-order valence-electron chi connectivity index (χ1n) is 11.3. The Kier molecular flexibility index (Phi) is 6.34. The van der Waals surface area contributed by atoms with Crippen LogP contribution in [0.1, 0.15) is 34.1 Å². The Morgan fingerprint density at radius 1 is 0.886 bits per heavy atom. The fourth-order valence-electron chi connectivity index (χ4n) is 3.91. The van der Waals surface area contributed by atoms with Crippen molar-refractivity contribution < 1.29 is 9.59 Å². The van der Waals surface area contributed by atoms with Crippen molar-refractivity contribution in [1.29, 1.82) is 0 Å². The molecule has 2 N–H and O–H groups in total. The maximum absolute atomic E-state index is 12.9. The number of benzene rings is 2. The third-order valence-corrected chi connectivity index (χ3v) is 5.59. The second-order valence-corrected chi connectivity index (χ2v) is 8.18. The van der Waals surface area contributed by atoms with Gasteiger partial charge in [0.05, 0.1) is 36.6 Å². The molecule has 0 aliphatic carbocycles. The van der Waals surface area contributed by atoms with E-state index >= 15 is 0 Å². The van der Waals surface area contributed by atoms with Crippen LogP contribution in [0, 0.1) is 0 Å². The van der Waals surface area contributed by atoms with Gasteiger partial charge in [0, 0.05) is 24.2 Å². The van der Waals surface area contributed by atoms with Gasteiger partial charge in [0.25, 0.3) is 5.91 Å². The van der Waals surface area contributed by atoms with E-state index in [-0.39, 0.29) is 18.2 Å². The van der Waals surface area contributed by atoms with Crippen LogP contribution in [0.5, 0.6) is 0 Å². The summed E-state index contributed by atoms with van der Waals surface area (Å²) in [7, 11) is 0. The number of nitrogens with one attached hydrogen (secondary N) is 2. The van der Waals surface area contributed by atoms with E-state index in [9.17, 15) is 9.59 Å². The number of hydrogen-bond acceptors (Lipinski definition) is 4. The summed E-state index contributed by atoms with van der Waals surface area (Å²) in [5.41, 5.74) is 3.72. The van der Waals surface area contributed by atoms with E-state index in [1.807, 2.05) is 83.5 Å². The van der Waals surface area contributed by atoms with Crippen LogP contribution in [0.25, 0.3) is 5.65 Å². The van der Waals surface area contributed by atoms with Gasteiger partial charge in [-0.2, -0.15) is 5.10 Å². The Labute approximate surface area is 202 Å². The smallest absolute Gasteiger partial charge is 0.251 e. The van der Waals surface area contributed by atoms with Gasteiger partial charge in [0.1, 0.15) is 5.65 Å². The van der Waals surface area contributed by atoms with E-state index in [0.29, 0.717) is 17.8 Å². The molecule has 3 heterocycles. The van der Waals surface area contributed by atoms with Crippen molar-refractivity contribution in [2.45, 2.75) is 19.0 Å². The highest BCUT2D eigenvalue weighted by atomic mass is 16.2. The Bertz CT molecular complexity index is 1410. The Hall–Kier alpha value is -4.72. The Balaban J connectivity index is 1.24. The molecule has 5 rings (SSSR count). The SMILES string of the molecule is O=C(CC(NC(=O)c1ccccc1)c1ccccc1)Nc1cnn(Cc2cn3ccccc3n2)c1. The molecule has 0 aliphatic heterocycles. The zero-order valence-electron chi connectivity index (χ0n) is 18.9. The predicted octanol–water partition coefficient (Wildman–Crippen LogP) is 4.08. The van der Waals surface area contributed by atoms with E-state index in [1.165, 1.54) is 0 Å². The van der Waals surface area contributed by atoms with Gasteiger partial charge in [0.15, 0.2) is 0 Å². The summed E-state index contributed by atoms with van der Waals surface area (Å²) in [5, 5.41) is 10.2. The van der Waals surface area contributed by atoms with Gasteiger partial charge in [-0.3, -0.25) is 14.3 Å². The van der Waals surface area contributed by atoms with Crippen LogP contribution in [-0.2, 0) is 11.3 Å². The van der Waals surface area contributed by atoms with Crippen LogP contribution in [0.3, 0.4) is 0 Å². The maximum Gasteiger partial charge on any atom is 0.251 e. The average molecular weight is 465 g/mol. The minimum absolute atomic E-state index is 0.0835. The fraction of sp³-hybridized carbons (Fsp3) is 0.111. The molecule has 0 bridgehead atoms. The molecule has 35 heavy (non-hydrogen) atoms. The van der Waals surface area contributed by atoms with Crippen LogP contribution in [0.15, 0.2) is 104 Å². The number of rotatable bonds is 8. The molecule has 8 nitrogen and oxygen atoms in total. The van der Waals surface area contributed by atoms with Crippen LogP contribution in [-0.4, -0.2) is 31.0 Å². The highest BCUT2D eigenvalue weighted by Crippen LogP contribution is 2.19. The Morgan fingerprint density at radius 3 is 2.40 bits per heavy atom. The third kappa shape index (κ3) is 5.44. The topological polar surface area (TPSA) is 93.3 Å². The fourth-order valence-corrected chi connectivity index (χ4v) is 3.91. The molecule has 2 amide bonds. The summed E-state index contributed by atoms with van der Waals surface area (Å²) in [4.78, 5) is 30.2. The highest BCUT2D eigenvalue weighted by Gasteiger charge is 2.19. The zero-order chi connectivity index (χ0) is 24.0. The quantitative estimate of drug-likeness (QED) is 0.362. The highest BCUT2D eigenvalue weighted by molar-refractivity contribution is 5.95. The molecule has 2 aromatic carbocycles. The van der Waals surface area contributed by atoms with Gasteiger partial charge in [-0.15, -0.1) is 0 Å². The van der Waals surface area contributed by atoms with E-state index in [0.717, 1.165) is 16.9 Å². The lowest BCUT2D eigenvalue weighted by Crippen LogP contribution is -2.31. The molecule has 5 aromatic rings. The number of carbonyl (C=O) groups excluding carboxylic acids is 2. The summed E-state index contributed by atoms with van der Waals surface area (Å²) in [6.07, 6.45) is 7.35. The molecule has 0 radical (unpaired) electrons. The molecule has 0 spiro atoms. The molecule has 0 aliphatic rings. The van der Waals surface area contributed by atoms with Gasteiger partial charge in [0.2, 0.25) is 5.91 Å². The Morgan fingerprint density at radius 2 is 1.63 bits per heavy atom. The number of pyridine rings is 1. The monoisotopic (exact) mass is 464 g/mol. The molecule has 0 saturated carbocycles. The first-order valence-corrected chi connectivity index (χ1v) is 11.3. The molecule has 8 heteroatoms. The minimum atomic E-state index is -0.475. The first-order chi connectivity index (χ1) is 17.1. The van der Waals surface area contributed by atoms with Gasteiger partial charge in [-0.1, -0.05) is 54.6 Å². The summed E-state index contributed by atoms with van der Waals surface area (Å²) >= 11 is 0. The first kappa shape index (κ1) is 22.1. The largest absolute Gasteiger partial charge is 0.345 e. The molecular weight excluding hydrogens is 440 g/mol. The molecule has 174 valence electrons. The van der Waals surface area contributed by atoms with Crippen molar-refractivity contribution >= 4 is 23.1 Å². The number of nitrogens with zero attached hydrogens (tertiary/aromatic N) is 4. The van der Waals surface area contributed by atoms with Crippen molar-refractivity contribution in [2.75, 3.05) is 5.32 Å². The summed E-state index contributed by atoms with van der Waals surface area (Å²) < 4.78 is 3.68. The molecule has 0 saturated heterocycles. The number of imidazole rings is 1. The molecule has 1 atom stereocenters. The molecule has 3 aromatic heterocycles. The summed E-state index contributed by atoms with van der Waals surface area (Å²) in [6, 6.07) is 23.8. The lowest BCUT2D eigenvalue weighted by molar-refractivity contribution is -0.116. The van der Waals surface area contributed by atoms with Gasteiger partial charge in [-0.25, -0.2) is 4.98 Å². The third-order valence-electron chi connectivity index (χ3n) is 5.59. The van der Waals surface area contributed by atoms with Crippen molar-refractivity contribution in [3.05, 3.63) is 120 Å². The van der Waals surface area contributed by atoms with E-state index in [4.69, 9.17) is 0 Å². The summed E-state index contributed by atoms with van der Waals surface area (Å²) in [6.45, 7) is 0.483. The molecule has 0 fully saturated rings. The standard InChI is InChI=1S/C27H24N6O2/c34-26(15-24(20-9-3-1-4-10-20)31-27(35)21-11-5-2-6-12-21)30-22-16-28-33(18-22)19-23-17-32-14-8-7-13-25(32)29-23/h1-14,16-18,24H,15,19H2,(H,30,34)(H,31,35). The van der Waals surface area contributed by atoms with Gasteiger partial charge in [-0.05, 0) is 29.8 Å². The maximum atomic E-state index is 12.9. The molecular formula is C27H24N6O2. The number of amides is 2. The van der Waals surface area contributed by atoms with Crippen LogP contribution < -0.4 is 10.6 Å². The van der Waals surface area contributed by atoms with Gasteiger partial charge >= 0.3 is 0 Å². The number of fused-ring (bicyclic) bond motifs is 1. The number of hydrogen-bond donors (Lipinski definition) is 2.